The molecule has 1 saturated carbocycles. The fourth-order valence-corrected chi connectivity index (χ4v) is 6.57. The molecule has 0 spiro atoms. The van der Waals surface area contributed by atoms with Crippen molar-refractivity contribution in [2.75, 3.05) is 6.54 Å². The van der Waals surface area contributed by atoms with Crippen molar-refractivity contribution in [3.8, 4) is 17.2 Å². The van der Waals surface area contributed by atoms with E-state index in [0.717, 1.165) is 40.8 Å². The van der Waals surface area contributed by atoms with Gasteiger partial charge in [-0.1, -0.05) is 23.9 Å². The summed E-state index contributed by atoms with van der Waals surface area (Å²) in [4.78, 5) is 26.3. The molecule has 2 amide bonds. The van der Waals surface area contributed by atoms with Gasteiger partial charge < -0.3 is 21.7 Å². The number of H-pyrrole nitrogens is 1. The second-order valence-electron chi connectivity index (χ2n) is 10.8. The molecule has 6 N–H and O–H groups in total. The molecular weight excluding hydrogens is 494 g/mol. The fourth-order valence-electron chi connectivity index (χ4n) is 6.57. The molecule has 3 aromatic rings. The van der Waals surface area contributed by atoms with Crippen LogP contribution in [0.25, 0.3) is 11.1 Å². The van der Waals surface area contributed by atoms with Crippen molar-refractivity contribution in [3.63, 3.8) is 0 Å². The van der Waals surface area contributed by atoms with Crippen LogP contribution in [-0.2, 0) is 5.41 Å². The average Bonchev–Trinajstić information content (AvgIpc) is 3.26. The molecule has 11 nitrogen and oxygen atoms in total. The first-order chi connectivity index (χ1) is 18.7. The number of likely N-dealkylation sites (tertiary alicyclic amines) is 1. The molecule has 2 aliphatic carbocycles. The third kappa shape index (κ3) is 3.87. The van der Waals surface area contributed by atoms with E-state index in [-0.39, 0.29) is 12.1 Å². The van der Waals surface area contributed by atoms with Crippen LogP contribution in [-0.4, -0.2) is 62.0 Å². The molecule has 1 aliphatic heterocycles. The van der Waals surface area contributed by atoms with E-state index < -0.39 is 17.2 Å². The molecule has 3 aliphatic rings. The van der Waals surface area contributed by atoms with Gasteiger partial charge in [0.05, 0.1) is 11.5 Å². The Morgan fingerprint density at radius 1 is 1.18 bits per heavy atom. The van der Waals surface area contributed by atoms with Crippen LogP contribution in [0.4, 0.5) is 0 Å². The zero-order valence-electron chi connectivity index (χ0n) is 21.5. The third-order valence-electron chi connectivity index (χ3n) is 8.43. The predicted molar refractivity (Wildman–Crippen MR) is 142 cm³/mol. The summed E-state index contributed by atoms with van der Waals surface area (Å²) >= 11 is 0. The molecule has 1 saturated heterocycles. The molecule has 1 aromatic heterocycles. The summed E-state index contributed by atoms with van der Waals surface area (Å²) in [5.41, 5.74) is 15.3. The van der Waals surface area contributed by atoms with Crippen LogP contribution in [0, 0.1) is 17.2 Å². The van der Waals surface area contributed by atoms with Gasteiger partial charge in [-0.05, 0) is 78.6 Å². The average molecular weight is 524 g/mol. The molecule has 198 valence electrons. The first-order valence-electron chi connectivity index (χ1n) is 13.0. The number of fused-ring (bicyclic) bond motifs is 4. The van der Waals surface area contributed by atoms with Crippen LogP contribution >= 0.6 is 0 Å². The first kappa shape index (κ1) is 24.8. The van der Waals surface area contributed by atoms with Gasteiger partial charge >= 0.3 is 0 Å². The zero-order valence-corrected chi connectivity index (χ0v) is 21.5. The lowest BCUT2D eigenvalue weighted by molar-refractivity contribution is 0.0991. The van der Waals surface area contributed by atoms with Crippen LogP contribution in [0.1, 0.15) is 63.9 Å². The minimum Gasteiger partial charge on any atom is -0.366 e. The third-order valence-corrected chi connectivity index (χ3v) is 8.43. The number of tetrazole rings is 1. The number of carbonyl (C=O) groups is 2. The molecular formula is C28H29N9O2. The molecule has 2 unspecified atom stereocenters. The maximum Gasteiger partial charge on any atom is 0.248 e. The van der Waals surface area contributed by atoms with Crippen molar-refractivity contribution >= 4 is 11.8 Å². The Morgan fingerprint density at radius 3 is 2.36 bits per heavy atom. The minimum atomic E-state index is -0.831. The van der Waals surface area contributed by atoms with Gasteiger partial charge in [0.15, 0.2) is 5.82 Å². The van der Waals surface area contributed by atoms with E-state index in [0.29, 0.717) is 41.9 Å². The fraction of sp³-hybridized carbons (Fsp3) is 0.357. The number of hydrogen-bond donors (Lipinski definition) is 4. The summed E-state index contributed by atoms with van der Waals surface area (Å²) in [5.74, 6) is -0.0241. The summed E-state index contributed by atoms with van der Waals surface area (Å²) in [5, 5.41) is 28.4. The van der Waals surface area contributed by atoms with Gasteiger partial charge in [0.2, 0.25) is 11.8 Å². The number of nitrogens with zero attached hydrogens (tertiary/aromatic N) is 5. The van der Waals surface area contributed by atoms with Crippen LogP contribution in [0.3, 0.4) is 0 Å². The van der Waals surface area contributed by atoms with Crippen molar-refractivity contribution in [1.82, 2.24) is 30.8 Å². The van der Waals surface area contributed by atoms with Crippen molar-refractivity contribution in [2.24, 2.45) is 17.4 Å². The number of primary amides is 2. The van der Waals surface area contributed by atoms with Crippen LogP contribution < -0.4 is 16.8 Å². The van der Waals surface area contributed by atoms with Gasteiger partial charge in [0, 0.05) is 35.5 Å². The lowest BCUT2D eigenvalue weighted by Gasteiger charge is -2.33. The highest BCUT2D eigenvalue weighted by molar-refractivity contribution is 5.98. The molecule has 2 aromatic carbocycles. The Bertz CT molecular complexity index is 1480. The van der Waals surface area contributed by atoms with Crippen LogP contribution in [0.15, 0.2) is 48.7 Å². The minimum absolute atomic E-state index is 0.0520. The summed E-state index contributed by atoms with van der Waals surface area (Å²) in [6, 6.07) is 13.3. The topological polar surface area (TPSA) is 180 Å². The number of nitrogens with two attached hydrogens (primary N) is 2. The van der Waals surface area contributed by atoms with Crippen molar-refractivity contribution in [1.29, 1.82) is 5.26 Å². The molecule has 2 heterocycles. The highest BCUT2D eigenvalue weighted by atomic mass is 16.1. The number of carbonyl (C=O) groups excluding carboxylic acids is 2. The number of hydrogen-bond acceptors (Lipinski definition) is 8. The zero-order chi connectivity index (χ0) is 27.5. The van der Waals surface area contributed by atoms with Gasteiger partial charge in [-0.15, -0.1) is 10.2 Å². The normalized spacial score (nSPS) is 22.4. The highest BCUT2D eigenvalue weighted by Gasteiger charge is 2.53. The number of nitriles is 1. The molecule has 39 heavy (non-hydrogen) atoms. The van der Waals surface area contributed by atoms with E-state index in [9.17, 15) is 14.9 Å². The quantitative estimate of drug-likeness (QED) is 0.326. The summed E-state index contributed by atoms with van der Waals surface area (Å²) < 4.78 is 0. The lowest BCUT2D eigenvalue weighted by atomic mass is 9.72. The number of aromatic amines is 1. The largest absolute Gasteiger partial charge is 0.366 e. The standard InChI is InChI=1S/C28H29N9O2/c1-14(32-13-15(2)37-19(12-29)7-18-10-24(18)37)11-28(27-33-35-36-34-27)22-5-3-16(25(30)38)8-20(22)21-9-17(26(31)39)4-6-23(21)28/h3-6,8-9,14,18-19,24,32H,2,7,10-11,13H2,1H3,(H2,30,38)(H2,31,39)(H,33,34,35,36)/t14-,18+,19?,24?/m0/s1. The van der Waals surface area contributed by atoms with E-state index in [4.69, 9.17) is 11.5 Å². The maximum atomic E-state index is 12.1. The Morgan fingerprint density at radius 2 is 1.82 bits per heavy atom. The molecule has 4 atom stereocenters. The number of rotatable bonds is 9. The number of amides is 2. The summed E-state index contributed by atoms with van der Waals surface area (Å²) in [7, 11) is 0. The highest BCUT2D eigenvalue weighted by Crippen LogP contribution is 2.54. The van der Waals surface area contributed by atoms with E-state index >= 15 is 0 Å². The molecule has 11 heteroatoms. The van der Waals surface area contributed by atoms with E-state index in [1.165, 1.54) is 0 Å². The van der Waals surface area contributed by atoms with E-state index in [1.807, 2.05) is 12.1 Å². The van der Waals surface area contributed by atoms with Crippen LogP contribution in [0.5, 0.6) is 0 Å². The monoisotopic (exact) mass is 523 g/mol. The Labute approximate surface area is 225 Å². The van der Waals surface area contributed by atoms with E-state index in [1.54, 1.807) is 24.3 Å². The molecule has 0 bridgehead atoms. The Hall–Kier alpha value is -4.56. The van der Waals surface area contributed by atoms with Gasteiger partial charge in [0.25, 0.3) is 0 Å². The van der Waals surface area contributed by atoms with E-state index in [2.05, 4.69) is 50.4 Å². The lowest BCUT2D eigenvalue weighted by Crippen LogP contribution is -2.41. The second kappa shape index (κ2) is 9.03. The van der Waals surface area contributed by atoms with Crippen molar-refractivity contribution in [3.05, 3.63) is 76.8 Å². The van der Waals surface area contributed by atoms with Crippen molar-refractivity contribution < 1.29 is 9.59 Å². The van der Waals surface area contributed by atoms with Gasteiger partial charge in [0.1, 0.15) is 6.04 Å². The molecule has 0 radical (unpaired) electrons. The van der Waals surface area contributed by atoms with Gasteiger partial charge in [-0.3, -0.25) is 9.59 Å². The number of benzene rings is 2. The number of piperidine rings is 1. The van der Waals surface area contributed by atoms with Gasteiger partial charge in [-0.25, -0.2) is 0 Å². The van der Waals surface area contributed by atoms with Crippen molar-refractivity contribution in [2.45, 2.75) is 49.7 Å². The smallest absolute Gasteiger partial charge is 0.248 e. The number of aromatic nitrogens is 4. The predicted octanol–water partition coefficient (Wildman–Crippen LogP) is 1.58. The van der Waals surface area contributed by atoms with Crippen LogP contribution in [0.2, 0.25) is 0 Å². The first-order valence-corrected chi connectivity index (χ1v) is 13.0. The SMILES string of the molecule is C=C(CN[C@@H](C)CC1(c2nn[nH]n2)c2ccc(C(N)=O)cc2-c2cc(C(N)=O)ccc21)N1C(C#N)C[C@@H]2CC21. The Kier molecular flexibility index (Phi) is 5.73. The van der Waals surface area contributed by atoms with Gasteiger partial charge in [-0.2, -0.15) is 10.5 Å². The summed E-state index contributed by atoms with van der Waals surface area (Å²) in [6.45, 7) is 6.90. The second-order valence-corrected chi connectivity index (χ2v) is 10.8. The Balaban J connectivity index is 1.37. The maximum absolute atomic E-state index is 12.1. The number of nitrogens with one attached hydrogen (secondary N) is 2. The molecule has 6 rings (SSSR count). The summed E-state index contributed by atoms with van der Waals surface area (Å²) in [6.07, 6.45) is 2.58. The molecule has 2 fully saturated rings.